The maximum atomic E-state index is 7.47. The summed E-state index contributed by atoms with van der Waals surface area (Å²) in [4.78, 5) is 12.5. The quantitative estimate of drug-likeness (QED) is 0.567. The molecule has 0 aliphatic heterocycles. The molecule has 0 atom stereocenters. The first-order valence-corrected chi connectivity index (χ1v) is 6.02. The van der Waals surface area contributed by atoms with Crippen LogP contribution in [0.4, 0.5) is 5.13 Å². The molecule has 92 valence electrons. The average Bonchev–Trinajstić information content (AvgIpc) is 2.74. The summed E-state index contributed by atoms with van der Waals surface area (Å²) < 4.78 is 0. The van der Waals surface area contributed by atoms with Gasteiger partial charge in [0, 0.05) is 17.1 Å². The van der Waals surface area contributed by atoms with Crippen molar-refractivity contribution >= 4 is 28.1 Å². The number of amidine groups is 2. The van der Waals surface area contributed by atoms with Crippen LogP contribution in [0.5, 0.6) is 0 Å². The number of aromatic nitrogens is 2. The zero-order chi connectivity index (χ0) is 13.1. The molecule has 0 saturated carbocycles. The molecule has 18 heavy (non-hydrogen) atoms. The second-order valence-corrected chi connectivity index (χ2v) is 4.42. The van der Waals surface area contributed by atoms with Gasteiger partial charge in [0.2, 0.25) is 5.13 Å². The molecule has 0 fully saturated rings. The highest BCUT2D eigenvalue weighted by Crippen LogP contribution is 2.19. The number of nitrogens with two attached hydrogens (primary N) is 2. The van der Waals surface area contributed by atoms with Crippen molar-refractivity contribution in [1.29, 1.82) is 5.41 Å². The van der Waals surface area contributed by atoms with E-state index in [2.05, 4.69) is 15.0 Å². The summed E-state index contributed by atoms with van der Waals surface area (Å²) in [6, 6.07) is 3.38. The third-order valence-corrected chi connectivity index (χ3v) is 3.02. The molecule has 2 aromatic heterocycles. The summed E-state index contributed by atoms with van der Waals surface area (Å²) in [5.74, 6) is 0.113. The van der Waals surface area contributed by atoms with E-state index in [1.165, 1.54) is 11.3 Å². The molecule has 0 aliphatic rings. The highest BCUT2D eigenvalue weighted by Gasteiger charge is 2.10. The third-order valence-electron chi connectivity index (χ3n) is 2.16. The Morgan fingerprint density at radius 2 is 2.22 bits per heavy atom. The van der Waals surface area contributed by atoms with Gasteiger partial charge < -0.3 is 11.5 Å². The Morgan fingerprint density at radius 1 is 1.44 bits per heavy atom. The first-order chi connectivity index (χ1) is 8.58. The van der Waals surface area contributed by atoms with Crippen molar-refractivity contribution in [3.05, 3.63) is 40.7 Å². The van der Waals surface area contributed by atoms with Crippen molar-refractivity contribution in [1.82, 2.24) is 9.97 Å². The smallest absolute Gasteiger partial charge is 0.211 e. The lowest BCUT2D eigenvalue weighted by Crippen LogP contribution is -2.22. The van der Waals surface area contributed by atoms with Crippen LogP contribution in [0.2, 0.25) is 0 Å². The monoisotopic (exact) mass is 260 g/mol. The Labute approximate surface area is 108 Å². The standard InChI is InChI=1S/C11H12N6S/c1-6-5-18-11(16-6)17-10(14)8-7(9(12)13)3-2-4-15-8/h2-5H,1H3,(H3,12,13)(H2,14,16,17). The number of hydrogen-bond donors (Lipinski definition) is 3. The summed E-state index contributed by atoms with van der Waals surface area (Å²) >= 11 is 1.40. The molecule has 0 amide bonds. The zero-order valence-electron chi connectivity index (χ0n) is 9.71. The van der Waals surface area contributed by atoms with Gasteiger partial charge in [-0.25, -0.2) is 4.98 Å². The number of nitrogens with one attached hydrogen (secondary N) is 1. The molecule has 2 heterocycles. The number of nitrogen functional groups attached to an aromatic ring is 1. The molecule has 0 saturated heterocycles. The molecule has 0 unspecified atom stereocenters. The predicted molar refractivity (Wildman–Crippen MR) is 72.5 cm³/mol. The summed E-state index contributed by atoms with van der Waals surface area (Å²) in [6.45, 7) is 1.88. The lowest BCUT2D eigenvalue weighted by molar-refractivity contribution is 1.22. The first kappa shape index (κ1) is 12.2. The molecule has 2 aromatic rings. The van der Waals surface area contributed by atoms with Crippen LogP contribution in [0, 0.1) is 12.3 Å². The topological polar surface area (TPSA) is 114 Å². The number of pyridine rings is 1. The second kappa shape index (κ2) is 4.92. The fraction of sp³-hybridized carbons (Fsp3) is 0.0909. The van der Waals surface area contributed by atoms with Gasteiger partial charge in [0.05, 0.1) is 5.69 Å². The molecule has 5 N–H and O–H groups in total. The first-order valence-electron chi connectivity index (χ1n) is 5.14. The second-order valence-electron chi connectivity index (χ2n) is 3.58. The number of aliphatic imine (C=N–C) groups is 1. The van der Waals surface area contributed by atoms with E-state index < -0.39 is 0 Å². The Hall–Kier alpha value is -2.28. The van der Waals surface area contributed by atoms with E-state index >= 15 is 0 Å². The normalized spacial score (nSPS) is 11.5. The Morgan fingerprint density at radius 3 is 2.83 bits per heavy atom. The zero-order valence-corrected chi connectivity index (χ0v) is 10.5. The SMILES string of the molecule is Cc1csc(/N=C(\N)c2ncccc2C(=N)N)n1. The maximum absolute atomic E-state index is 7.47. The van der Waals surface area contributed by atoms with Crippen LogP contribution in [0.15, 0.2) is 28.7 Å². The van der Waals surface area contributed by atoms with Crippen LogP contribution in [0.1, 0.15) is 17.0 Å². The van der Waals surface area contributed by atoms with Crippen molar-refractivity contribution in [3.8, 4) is 0 Å². The van der Waals surface area contributed by atoms with Crippen molar-refractivity contribution in [2.45, 2.75) is 6.92 Å². The van der Waals surface area contributed by atoms with Gasteiger partial charge in [-0.1, -0.05) is 0 Å². The average molecular weight is 260 g/mol. The number of rotatable bonds is 3. The van der Waals surface area contributed by atoms with Crippen LogP contribution in [-0.4, -0.2) is 21.6 Å². The minimum Gasteiger partial charge on any atom is -0.384 e. The van der Waals surface area contributed by atoms with Crippen LogP contribution in [-0.2, 0) is 0 Å². The molecule has 2 rings (SSSR count). The van der Waals surface area contributed by atoms with Gasteiger partial charge in [0.15, 0.2) is 5.84 Å². The fourth-order valence-corrected chi connectivity index (χ4v) is 2.05. The van der Waals surface area contributed by atoms with Gasteiger partial charge in [-0.05, 0) is 19.1 Å². The van der Waals surface area contributed by atoms with Gasteiger partial charge in [-0.2, -0.15) is 4.99 Å². The largest absolute Gasteiger partial charge is 0.384 e. The molecule has 7 heteroatoms. The molecule has 0 aliphatic carbocycles. The summed E-state index contributed by atoms with van der Waals surface area (Å²) in [6.07, 6.45) is 1.58. The lowest BCUT2D eigenvalue weighted by atomic mass is 10.1. The van der Waals surface area contributed by atoms with Gasteiger partial charge in [-0.3, -0.25) is 10.4 Å². The Balaban J connectivity index is 2.42. The highest BCUT2D eigenvalue weighted by molar-refractivity contribution is 7.13. The minimum atomic E-state index is -0.0911. The van der Waals surface area contributed by atoms with Crippen molar-refractivity contribution in [2.24, 2.45) is 16.5 Å². The van der Waals surface area contributed by atoms with E-state index in [4.69, 9.17) is 16.9 Å². The van der Waals surface area contributed by atoms with E-state index in [1.807, 2.05) is 12.3 Å². The van der Waals surface area contributed by atoms with E-state index in [0.717, 1.165) is 5.69 Å². The van der Waals surface area contributed by atoms with Gasteiger partial charge in [0.1, 0.15) is 11.5 Å². The molecule has 0 aromatic carbocycles. The Bertz CT molecular complexity index is 616. The molecule has 0 radical (unpaired) electrons. The molecule has 6 nitrogen and oxygen atoms in total. The van der Waals surface area contributed by atoms with Gasteiger partial charge >= 0.3 is 0 Å². The molecule has 0 spiro atoms. The van der Waals surface area contributed by atoms with Gasteiger partial charge in [0.25, 0.3) is 0 Å². The van der Waals surface area contributed by atoms with Crippen LogP contribution in [0.25, 0.3) is 0 Å². The summed E-state index contributed by atoms with van der Waals surface area (Å²) in [7, 11) is 0. The van der Waals surface area contributed by atoms with Crippen molar-refractivity contribution in [3.63, 3.8) is 0 Å². The lowest BCUT2D eigenvalue weighted by Gasteiger charge is -2.05. The molecule has 0 bridgehead atoms. The third kappa shape index (κ3) is 2.51. The van der Waals surface area contributed by atoms with Crippen LogP contribution < -0.4 is 11.5 Å². The fourth-order valence-electron chi connectivity index (χ4n) is 1.38. The predicted octanol–water partition coefficient (Wildman–Crippen LogP) is 1.17. The Kier molecular flexibility index (Phi) is 3.33. The number of aryl methyl sites for hydroxylation is 1. The van der Waals surface area contributed by atoms with Crippen LogP contribution >= 0.6 is 11.3 Å². The van der Waals surface area contributed by atoms with Crippen molar-refractivity contribution < 1.29 is 0 Å². The minimum absolute atomic E-state index is 0.0911. The molecular weight excluding hydrogens is 248 g/mol. The highest BCUT2D eigenvalue weighted by atomic mass is 32.1. The van der Waals surface area contributed by atoms with E-state index in [1.54, 1.807) is 18.3 Å². The summed E-state index contributed by atoms with van der Waals surface area (Å²) in [5.41, 5.74) is 13.1. The van der Waals surface area contributed by atoms with Crippen molar-refractivity contribution in [2.75, 3.05) is 0 Å². The van der Waals surface area contributed by atoms with E-state index in [0.29, 0.717) is 16.4 Å². The van der Waals surface area contributed by atoms with Crippen LogP contribution in [0.3, 0.4) is 0 Å². The molecular formula is C11H12N6S. The van der Waals surface area contributed by atoms with E-state index in [9.17, 15) is 0 Å². The summed E-state index contributed by atoms with van der Waals surface area (Å²) in [5, 5.41) is 9.91. The number of thiazole rings is 1. The van der Waals surface area contributed by atoms with Gasteiger partial charge in [-0.15, -0.1) is 11.3 Å². The number of nitrogens with zero attached hydrogens (tertiary/aromatic N) is 3. The van der Waals surface area contributed by atoms with E-state index in [-0.39, 0.29) is 11.7 Å². The maximum Gasteiger partial charge on any atom is 0.211 e. The number of hydrogen-bond acceptors (Lipinski definition) is 5.